The van der Waals surface area contributed by atoms with Gasteiger partial charge >= 0.3 is 5.97 Å². The van der Waals surface area contributed by atoms with Crippen molar-refractivity contribution in [3.05, 3.63) is 30.3 Å². The fourth-order valence-electron chi connectivity index (χ4n) is 1.47. The molecule has 0 aliphatic carbocycles. The number of carbonyl (C=O) groups excluding carboxylic acids is 1. The Hall–Kier alpha value is -2.24. The number of hydrogen-bond donors (Lipinski definition) is 0. The van der Waals surface area contributed by atoms with E-state index in [-0.39, 0.29) is 12.4 Å². The Balaban J connectivity index is 1.97. The fourth-order valence-corrected chi connectivity index (χ4v) is 1.47. The molecule has 0 aliphatic rings. The van der Waals surface area contributed by atoms with Crippen LogP contribution < -0.4 is 0 Å². The van der Waals surface area contributed by atoms with Gasteiger partial charge in [-0.1, -0.05) is 30.3 Å². The molecule has 0 saturated carbocycles. The molecule has 0 aliphatic heterocycles. The number of nitrogens with zero attached hydrogens (tertiary/aromatic N) is 4. The van der Waals surface area contributed by atoms with Gasteiger partial charge in [-0.05, 0) is 12.1 Å². The Bertz CT molecular complexity index is 510. The smallest absolute Gasteiger partial charge is 0.307 e. The third-order valence-corrected chi connectivity index (χ3v) is 2.31. The largest absolute Gasteiger partial charge is 0.466 e. The van der Waals surface area contributed by atoms with Crippen LogP contribution >= 0.6 is 0 Å². The lowest BCUT2D eigenvalue weighted by molar-refractivity contribution is -0.143. The summed E-state index contributed by atoms with van der Waals surface area (Å²) in [6.45, 7) is 2.54. The van der Waals surface area contributed by atoms with Crippen molar-refractivity contribution in [2.75, 3.05) is 6.61 Å². The molecule has 6 heteroatoms. The predicted octanol–water partition coefficient (Wildman–Crippen LogP) is 1.29. The highest BCUT2D eigenvalue weighted by Gasteiger charge is 2.07. The normalized spacial score (nSPS) is 10.3. The second-order valence-electron chi connectivity index (χ2n) is 3.63. The van der Waals surface area contributed by atoms with Crippen molar-refractivity contribution in [2.45, 2.75) is 19.9 Å². The van der Waals surface area contributed by atoms with E-state index in [1.54, 1.807) is 6.92 Å². The number of ether oxygens (including phenoxy) is 1. The molecule has 0 amide bonds. The monoisotopic (exact) mass is 246 g/mol. The molecule has 0 spiro atoms. The number of tetrazole rings is 1. The highest BCUT2D eigenvalue weighted by Crippen LogP contribution is 2.11. The molecular weight excluding hydrogens is 232 g/mol. The first-order chi connectivity index (χ1) is 8.79. The summed E-state index contributed by atoms with van der Waals surface area (Å²) in [4.78, 5) is 12.6. The summed E-state index contributed by atoms with van der Waals surface area (Å²) in [5.41, 5.74) is 0.903. The van der Waals surface area contributed by atoms with Crippen molar-refractivity contribution in [1.29, 1.82) is 0 Å². The van der Waals surface area contributed by atoms with Crippen molar-refractivity contribution in [1.82, 2.24) is 20.2 Å². The third kappa shape index (κ3) is 3.13. The standard InChI is InChI=1S/C12H14N4O2/c1-2-18-11(17)8-9-16-14-12(13-15-16)10-6-4-3-5-7-10/h3-7H,2,8-9H2,1H3. The highest BCUT2D eigenvalue weighted by molar-refractivity contribution is 5.69. The van der Waals surface area contributed by atoms with Crippen LogP contribution in [-0.4, -0.2) is 32.8 Å². The van der Waals surface area contributed by atoms with Crippen LogP contribution in [0.5, 0.6) is 0 Å². The van der Waals surface area contributed by atoms with E-state index in [1.165, 1.54) is 4.80 Å². The summed E-state index contributed by atoms with van der Waals surface area (Å²) in [5, 5.41) is 12.0. The van der Waals surface area contributed by atoms with E-state index >= 15 is 0 Å². The van der Waals surface area contributed by atoms with Crippen LogP contribution in [0, 0.1) is 0 Å². The summed E-state index contributed by atoms with van der Waals surface area (Å²) in [5.74, 6) is 0.301. The number of aromatic nitrogens is 4. The first-order valence-corrected chi connectivity index (χ1v) is 5.78. The number of hydrogen-bond acceptors (Lipinski definition) is 5. The fraction of sp³-hybridized carbons (Fsp3) is 0.333. The summed E-state index contributed by atoms with van der Waals surface area (Å²) >= 11 is 0. The zero-order valence-electron chi connectivity index (χ0n) is 10.1. The van der Waals surface area contributed by atoms with E-state index in [4.69, 9.17) is 4.74 Å². The molecule has 1 aromatic carbocycles. The van der Waals surface area contributed by atoms with Crippen LogP contribution in [0.1, 0.15) is 13.3 Å². The minimum absolute atomic E-state index is 0.248. The maximum atomic E-state index is 11.2. The predicted molar refractivity (Wildman–Crippen MR) is 64.5 cm³/mol. The molecule has 0 atom stereocenters. The minimum atomic E-state index is -0.254. The van der Waals surface area contributed by atoms with Crippen LogP contribution in [0.4, 0.5) is 0 Å². The molecule has 0 saturated heterocycles. The van der Waals surface area contributed by atoms with Gasteiger partial charge in [-0.15, -0.1) is 10.2 Å². The minimum Gasteiger partial charge on any atom is -0.466 e. The average molecular weight is 246 g/mol. The summed E-state index contributed by atoms with van der Waals surface area (Å²) in [7, 11) is 0. The lowest BCUT2D eigenvalue weighted by atomic mass is 10.2. The summed E-state index contributed by atoms with van der Waals surface area (Å²) < 4.78 is 4.83. The quantitative estimate of drug-likeness (QED) is 0.743. The Morgan fingerprint density at radius 2 is 2.11 bits per heavy atom. The van der Waals surface area contributed by atoms with Crippen molar-refractivity contribution in [2.24, 2.45) is 0 Å². The molecule has 1 aromatic heterocycles. The number of aryl methyl sites for hydroxylation is 1. The van der Waals surface area contributed by atoms with Crippen LogP contribution in [0.25, 0.3) is 11.4 Å². The van der Waals surface area contributed by atoms with Crippen LogP contribution in [0.15, 0.2) is 30.3 Å². The van der Waals surface area contributed by atoms with E-state index in [9.17, 15) is 4.79 Å². The number of carbonyl (C=O) groups is 1. The molecule has 6 nitrogen and oxygen atoms in total. The molecule has 0 fully saturated rings. The van der Waals surface area contributed by atoms with Gasteiger partial charge < -0.3 is 4.74 Å². The summed E-state index contributed by atoms with van der Waals surface area (Å²) in [6.07, 6.45) is 0.248. The van der Waals surface area contributed by atoms with Crippen molar-refractivity contribution >= 4 is 5.97 Å². The number of esters is 1. The van der Waals surface area contributed by atoms with Gasteiger partial charge in [0.15, 0.2) is 0 Å². The molecule has 1 heterocycles. The topological polar surface area (TPSA) is 69.9 Å². The lowest BCUT2D eigenvalue weighted by Crippen LogP contribution is -2.11. The Kier molecular flexibility index (Phi) is 4.01. The number of rotatable bonds is 5. The summed E-state index contributed by atoms with van der Waals surface area (Å²) in [6, 6.07) is 9.57. The van der Waals surface area contributed by atoms with Gasteiger partial charge in [0.1, 0.15) is 0 Å². The molecule has 0 radical (unpaired) electrons. The zero-order valence-corrected chi connectivity index (χ0v) is 10.1. The molecule has 2 rings (SSSR count). The molecule has 0 unspecified atom stereocenters. The van der Waals surface area contributed by atoms with Gasteiger partial charge in [-0.25, -0.2) is 0 Å². The van der Waals surface area contributed by atoms with Crippen molar-refractivity contribution in [3.63, 3.8) is 0 Å². The second-order valence-corrected chi connectivity index (χ2v) is 3.63. The maximum absolute atomic E-state index is 11.2. The molecule has 94 valence electrons. The second kappa shape index (κ2) is 5.90. The maximum Gasteiger partial charge on any atom is 0.307 e. The third-order valence-electron chi connectivity index (χ3n) is 2.31. The first-order valence-electron chi connectivity index (χ1n) is 5.78. The van der Waals surface area contributed by atoms with E-state index in [2.05, 4.69) is 15.4 Å². The first kappa shape index (κ1) is 12.2. The Morgan fingerprint density at radius 1 is 1.33 bits per heavy atom. The highest BCUT2D eigenvalue weighted by atomic mass is 16.5. The van der Waals surface area contributed by atoms with Gasteiger partial charge in [-0.3, -0.25) is 4.79 Å². The van der Waals surface area contributed by atoms with Gasteiger partial charge in [0.2, 0.25) is 5.82 Å². The Labute approximate surface area is 105 Å². The van der Waals surface area contributed by atoms with E-state index in [0.29, 0.717) is 19.0 Å². The number of benzene rings is 1. The van der Waals surface area contributed by atoms with Gasteiger partial charge in [0, 0.05) is 5.56 Å². The Morgan fingerprint density at radius 3 is 2.83 bits per heavy atom. The van der Waals surface area contributed by atoms with Crippen LogP contribution in [0.3, 0.4) is 0 Å². The zero-order chi connectivity index (χ0) is 12.8. The molecule has 2 aromatic rings. The molecule has 0 N–H and O–H groups in total. The van der Waals surface area contributed by atoms with E-state index in [0.717, 1.165) is 5.56 Å². The van der Waals surface area contributed by atoms with Gasteiger partial charge in [0.25, 0.3) is 0 Å². The average Bonchev–Trinajstić information content (AvgIpc) is 2.87. The van der Waals surface area contributed by atoms with Crippen LogP contribution in [-0.2, 0) is 16.1 Å². The molecule has 0 bridgehead atoms. The molecular formula is C12H14N4O2. The van der Waals surface area contributed by atoms with E-state index < -0.39 is 0 Å². The van der Waals surface area contributed by atoms with Gasteiger partial charge in [0.05, 0.1) is 19.6 Å². The van der Waals surface area contributed by atoms with Crippen molar-refractivity contribution < 1.29 is 9.53 Å². The van der Waals surface area contributed by atoms with E-state index in [1.807, 2.05) is 30.3 Å². The SMILES string of the molecule is CCOC(=O)CCn1nnc(-c2ccccc2)n1. The van der Waals surface area contributed by atoms with Crippen LogP contribution in [0.2, 0.25) is 0 Å². The lowest BCUT2D eigenvalue weighted by Gasteiger charge is -1.99. The van der Waals surface area contributed by atoms with Gasteiger partial charge in [-0.2, -0.15) is 4.80 Å². The molecule has 18 heavy (non-hydrogen) atoms. The van der Waals surface area contributed by atoms with Crippen molar-refractivity contribution in [3.8, 4) is 11.4 Å².